The monoisotopic (exact) mass is 167 g/mol. The van der Waals surface area contributed by atoms with Gasteiger partial charge in [-0.15, -0.1) is 0 Å². The summed E-state index contributed by atoms with van der Waals surface area (Å²) in [5.41, 5.74) is 0. The lowest BCUT2D eigenvalue weighted by Gasteiger charge is -2.28. The molecule has 0 spiro atoms. The highest BCUT2D eigenvalue weighted by atomic mass is 14.2. The lowest BCUT2D eigenvalue weighted by atomic mass is 9.78. The largest absolute Gasteiger partial charge is 0.0654 e. The summed E-state index contributed by atoms with van der Waals surface area (Å²) < 4.78 is 0. The lowest BCUT2D eigenvalue weighted by molar-refractivity contribution is 0.281. The lowest BCUT2D eigenvalue weighted by Crippen LogP contribution is -2.15. The van der Waals surface area contributed by atoms with Crippen molar-refractivity contribution < 1.29 is 0 Å². The van der Waals surface area contributed by atoms with Crippen molar-refractivity contribution in [1.29, 1.82) is 0 Å². The SMILES string of the molecule is CCC[CH]C1CCCC(CC)C1. The third-order valence-corrected chi connectivity index (χ3v) is 3.19. The van der Waals surface area contributed by atoms with Gasteiger partial charge in [-0.3, -0.25) is 0 Å². The maximum absolute atomic E-state index is 2.57. The fourth-order valence-corrected chi connectivity index (χ4v) is 2.32. The van der Waals surface area contributed by atoms with Crippen LogP contribution in [0.25, 0.3) is 0 Å². The van der Waals surface area contributed by atoms with Crippen LogP contribution in [0.1, 0.15) is 58.8 Å². The quantitative estimate of drug-likeness (QED) is 0.588. The van der Waals surface area contributed by atoms with Crippen LogP contribution in [0, 0.1) is 18.3 Å². The molecule has 0 saturated heterocycles. The predicted octanol–water partition coefficient (Wildman–Crippen LogP) is 4.21. The van der Waals surface area contributed by atoms with Crippen LogP contribution in [0.5, 0.6) is 0 Å². The van der Waals surface area contributed by atoms with Crippen molar-refractivity contribution in [2.24, 2.45) is 11.8 Å². The number of unbranched alkanes of at least 4 members (excludes halogenated alkanes) is 1. The molecule has 12 heavy (non-hydrogen) atoms. The number of hydrogen-bond acceptors (Lipinski definition) is 0. The minimum Gasteiger partial charge on any atom is -0.0654 e. The third kappa shape index (κ3) is 3.16. The van der Waals surface area contributed by atoms with E-state index in [1.165, 1.54) is 44.9 Å². The van der Waals surface area contributed by atoms with Gasteiger partial charge in [0, 0.05) is 0 Å². The van der Waals surface area contributed by atoms with Gasteiger partial charge in [0.15, 0.2) is 0 Å². The van der Waals surface area contributed by atoms with Gasteiger partial charge in [-0.25, -0.2) is 0 Å². The van der Waals surface area contributed by atoms with E-state index in [0.29, 0.717) is 0 Å². The van der Waals surface area contributed by atoms with E-state index in [-0.39, 0.29) is 0 Å². The molecule has 1 fully saturated rings. The van der Waals surface area contributed by atoms with Gasteiger partial charge in [0.05, 0.1) is 0 Å². The summed E-state index contributed by atoms with van der Waals surface area (Å²) >= 11 is 0. The van der Waals surface area contributed by atoms with Crippen LogP contribution in [0.2, 0.25) is 0 Å². The Morgan fingerprint density at radius 3 is 2.75 bits per heavy atom. The Balaban J connectivity index is 2.16. The second-order valence-corrected chi connectivity index (χ2v) is 4.23. The average Bonchev–Trinajstić information content (AvgIpc) is 2.15. The highest BCUT2D eigenvalue weighted by Gasteiger charge is 2.19. The predicted molar refractivity (Wildman–Crippen MR) is 54.9 cm³/mol. The Morgan fingerprint density at radius 1 is 1.25 bits per heavy atom. The van der Waals surface area contributed by atoms with Gasteiger partial charge >= 0.3 is 0 Å². The molecule has 71 valence electrons. The molecule has 2 unspecified atom stereocenters. The highest BCUT2D eigenvalue weighted by molar-refractivity contribution is 4.81. The summed E-state index contributed by atoms with van der Waals surface area (Å²) in [6, 6.07) is 0. The van der Waals surface area contributed by atoms with E-state index in [1.807, 2.05) is 0 Å². The summed E-state index contributed by atoms with van der Waals surface area (Å²) in [7, 11) is 0. The summed E-state index contributed by atoms with van der Waals surface area (Å²) in [6.07, 6.45) is 12.6. The van der Waals surface area contributed by atoms with E-state index in [4.69, 9.17) is 0 Å². The zero-order valence-electron chi connectivity index (χ0n) is 8.68. The van der Waals surface area contributed by atoms with E-state index >= 15 is 0 Å². The molecule has 1 saturated carbocycles. The van der Waals surface area contributed by atoms with E-state index < -0.39 is 0 Å². The van der Waals surface area contributed by atoms with Gasteiger partial charge < -0.3 is 0 Å². The number of rotatable bonds is 4. The molecule has 0 aromatic carbocycles. The summed E-state index contributed by atoms with van der Waals surface area (Å²) in [5, 5.41) is 0. The van der Waals surface area contributed by atoms with Crippen molar-refractivity contribution in [2.45, 2.75) is 58.8 Å². The van der Waals surface area contributed by atoms with Crippen molar-refractivity contribution in [1.82, 2.24) is 0 Å². The Bertz CT molecular complexity index is 107. The fourth-order valence-electron chi connectivity index (χ4n) is 2.32. The van der Waals surface area contributed by atoms with Crippen LogP contribution < -0.4 is 0 Å². The maximum atomic E-state index is 2.57. The second-order valence-electron chi connectivity index (χ2n) is 4.23. The van der Waals surface area contributed by atoms with Gasteiger partial charge in [0.2, 0.25) is 0 Å². The zero-order valence-corrected chi connectivity index (χ0v) is 8.68. The third-order valence-electron chi connectivity index (χ3n) is 3.19. The molecule has 1 radical (unpaired) electrons. The normalized spacial score (nSPS) is 30.5. The van der Waals surface area contributed by atoms with Crippen LogP contribution in [0.15, 0.2) is 0 Å². The first-order chi connectivity index (χ1) is 5.86. The first-order valence-electron chi connectivity index (χ1n) is 5.70. The van der Waals surface area contributed by atoms with Crippen LogP contribution in [0.4, 0.5) is 0 Å². The van der Waals surface area contributed by atoms with Crippen molar-refractivity contribution in [3.05, 3.63) is 6.42 Å². The van der Waals surface area contributed by atoms with E-state index in [1.54, 1.807) is 0 Å². The summed E-state index contributed by atoms with van der Waals surface area (Å²) in [4.78, 5) is 0. The first-order valence-corrected chi connectivity index (χ1v) is 5.70. The second kappa shape index (κ2) is 5.61. The molecule has 0 aromatic rings. The molecule has 0 nitrogen and oxygen atoms in total. The van der Waals surface area contributed by atoms with Crippen molar-refractivity contribution in [3.8, 4) is 0 Å². The summed E-state index contributed by atoms with van der Waals surface area (Å²) in [6.45, 7) is 4.61. The van der Waals surface area contributed by atoms with Crippen molar-refractivity contribution in [3.63, 3.8) is 0 Å². The van der Waals surface area contributed by atoms with Gasteiger partial charge in [-0.1, -0.05) is 52.4 Å². The Hall–Kier alpha value is 0. The van der Waals surface area contributed by atoms with E-state index in [0.717, 1.165) is 11.8 Å². The molecule has 1 aliphatic rings. The van der Waals surface area contributed by atoms with Gasteiger partial charge in [-0.05, 0) is 24.7 Å². The maximum Gasteiger partial charge on any atom is -0.0355 e. The fraction of sp³-hybridized carbons (Fsp3) is 0.917. The molecule has 1 rings (SSSR count). The molecule has 0 aliphatic heterocycles. The van der Waals surface area contributed by atoms with Crippen LogP contribution >= 0.6 is 0 Å². The molecular weight excluding hydrogens is 144 g/mol. The molecule has 0 aromatic heterocycles. The van der Waals surface area contributed by atoms with Crippen molar-refractivity contribution in [2.75, 3.05) is 0 Å². The van der Waals surface area contributed by atoms with Crippen LogP contribution in [-0.2, 0) is 0 Å². The van der Waals surface area contributed by atoms with Crippen LogP contribution in [0.3, 0.4) is 0 Å². The molecule has 0 heterocycles. The molecule has 0 bridgehead atoms. The average molecular weight is 167 g/mol. The molecule has 0 heteroatoms. The van der Waals surface area contributed by atoms with Gasteiger partial charge in [0.25, 0.3) is 0 Å². The van der Waals surface area contributed by atoms with E-state index in [9.17, 15) is 0 Å². The minimum absolute atomic E-state index is 0.962. The number of hydrogen-bond donors (Lipinski definition) is 0. The Morgan fingerprint density at radius 2 is 2.08 bits per heavy atom. The molecular formula is C12H23. The van der Waals surface area contributed by atoms with Crippen molar-refractivity contribution >= 4 is 0 Å². The first kappa shape index (κ1) is 10.1. The van der Waals surface area contributed by atoms with E-state index in [2.05, 4.69) is 20.3 Å². The van der Waals surface area contributed by atoms with Crippen LogP contribution in [-0.4, -0.2) is 0 Å². The van der Waals surface area contributed by atoms with Gasteiger partial charge in [-0.2, -0.15) is 0 Å². The standard InChI is InChI=1S/C12H23/c1-3-5-7-12-9-6-8-11(4-2)10-12/h7,11-12H,3-6,8-10H2,1-2H3. The Kier molecular flexibility index (Phi) is 4.72. The minimum atomic E-state index is 0.962. The molecule has 1 aliphatic carbocycles. The smallest absolute Gasteiger partial charge is 0.0355 e. The van der Waals surface area contributed by atoms with Gasteiger partial charge in [0.1, 0.15) is 0 Å². The summed E-state index contributed by atoms with van der Waals surface area (Å²) in [5.74, 6) is 2.00. The topological polar surface area (TPSA) is 0 Å². The highest BCUT2D eigenvalue weighted by Crippen LogP contribution is 2.33. The molecule has 2 atom stereocenters. The molecule has 0 amide bonds. The Labute approximate surface area is 77.7 Å². The zero-order chi connectivity index (χ0) is 8.81. The molecule has 0 N–H and O–H groups in total.